The predicted octanol–water partition coefficient (Wildman–Crippen LogP) is 2.79. The number of rotatable bonds is 4. The lowest BCUT2D eigenvalue weighted by Gasteiger charge is -2.26. The molecule has 6 nitrogen and oxygen atoms in total. The first kappa shape index (κ1) is 19.6. The fourth-order valence-corrected chi connectivity index (χ4v) is 4.23. The fourth-order valence-electron chi connectivity index (χ4n) is 2.55. The van der Waals surface area contributed by atoms with Gasteiger partial charge in [-0.1, -0.05) is 6.07 Å². The van der Waals surface area contributed by atoms with Gasteiger partial charge in [-0.05, 0) is 42.5 Å². The van der Waals surface area contributed by atoms with Crippen molar-refractivity contribution < 1.29 is 21.9 Å². The number of hydrogen-bond acceptors (Lipinski definition) is 4. The molecular formula is C17H17F2N3O3S2. The van der Waals surface area contributed by atoms with Crippen LogP contribution in [0.3, 0.4) is 0 Å². The molecule has 144 valence electrons. The number of anilines is 2. The summed E-state index contributed by atoms with van der Waals surface area (Å²) in [6, 6.07) is 9.21. The van der Waals surface area contributed by atoms with E-state index in [9.17, 15) is 17.2 Å². The van der Waals surface area contributed by atoms with Crippen LogP contribution < -0.4 is 10.6 Å². The van der Waals surface area contributed by atoms with Gasteiger partial charge >= 0.3 is 0 Å². The Kier molecular flexibility index (Phi) is 6.00. The van der Waals surface area contributed by atoms with E-state index in [0.29, 0.717) is 32.0 Å². The molecule has 2 N–H and O–H groups in total. The predicted molar refractivity (Wildman–Crippen MR) is 102 cm³/mol. The number of hydrogen-bond donors (Lipinski definition) is 2. The van der Waals surface area contributed by atoms with Crippen LogP contribution in [0.15, 0.2) is 47.4 Å². The summed E-state index contributed by atoms with van der Waals surface area (Å²) in [6.45, 7) is 1.30. The summed E-state index contributed by atoms with van der Waals surface area (Å²) in [5, 5.41) is 5.45. The van der Waals surface area contributed by atoms with Crippen LogP contribution in [-0.2, 0) is 14.8 Å². The van der Waals surface area contributed by atoms with Crippen LogP contribution in [0.4, 0.5) is 20.2 Å². The van der Waals surface area contributed by atoms with E-state index in [2.05, 4.69) is 10.6 Å². The third-order valence-electron chi connectivity index (χ3n) is 3.88. The van der Waals surface area contributed by atoms with Gasteiger partial charge in [0, 0.05) is 24.8 Å². The van der Waals surface area contributed by atoms with Crippen LogP contribution in [0.1, 0.15) is 0 Å². The lowest BCUT2D eigenvalue weighted by molar-refractivity contribution is 0.0730. The summed E-state index contributed by atoms with van der Waals surface area (Å²) >= 11 is 5.11. The molecule has 1 saturated heterocycles. The monoisotopic (exact) mass is 413 g/mol. The minimum atomic E-state index is -3.64. The largest absolute Gasteiger partial charge is 0.379 e. The van der Waals surface area contributed by atoms with Crippen molar-refractivity contribution in [2.45, 2.75) is 4.90 Å². The molecule has 0 aliphatic carbocycles. The zero-order valence-electron chi connectivity index (χ0n) is 14.1. The van der Waals surface area contributed by atoms with Gasteiger partial charge in [0.05, 0.1) is 23.8 Å². The molecule has 0 amide bonds. The van der Waals surface area contributed by atoms with Gasteiger partial charge in [-0.2, -0.15) is 4.31 Å². The van der Waals surface area contributed by atoms with Gasteiger partial charge in [-0.3, -0.25) is 0 Å². The fraction of sp³-hybridized carbons (Fsp3) is 0.235. The molecule has 0 bridgehead atoms. The van der Waals surface area contributed by atoms with Gasteiger partial charge in [0.25, 0.3) is 0 Å². The number of morpholine rings is 1. The van der Waals surface area contributed by atoms with E-state index >= 15 is 0 Å². The molecule has 2 aromatic carbocycles. The number of sulfonamides is 1. The summed E-state index contributed by atoms with van der Waals surface area (Å²) < 4.78 is 58.6. The molecule has 0 spiro atoms. The Bertz CT molecular complexity index is 948. The molecule has 3 rings (SSSR count). The zero-order chi connectivity index (χ0) is 19.4. The molecule has 10 heteroatoms. The van der Waals surface area contributed by atoms with E-state index in [1.54, 1.807) is 12.1 Å². The Balaban J connectivity index is 1.72. The topological polar surface area (TPSA) is 70.7 Å². The number of benzene rings is 2. The van der Waals surface area contributed by atoms with Gasteiger partial charge in [0.2, 0.25) is 10.0 Å². The molecule has 0 aromatic heterocycles. The maximum atomic E-state index is 13.7. The summed E-state index contributed by atoms with van der Waals surface area (Å²) in [5.41, 5.74) is 0.426. The van der Waals surface area contributed by atoms with E-state index in [-0.39, 0.29) is 15.7 Å². The Hall–Kier alpha value is -2.14. The first-order chi connectivity index (χ1) is 12.9. The lowest BCUT2D eigenvalue weighted by atomic mass is 10.3. The molecule has 27 heavy (non-hydrogen) atoms. The van der Waals surface area contributed by atoms with Crippen molar-refractivity contribution in [1.82, 2.24) is 4.31 Å². The summed E-state index contributed by atoms with van der Waals surface area (Å²) in [5.74, 6) is -1.49. The lowest BCUT2D eigenvalue weighted by Crippen LogP contribution is -2.40. The van der Waals surface area contributed by atoms with E-state index in [0.717, 1.165) is 12.1 Å². The van der Waals surface area contributed by atoms with Crippen LogP contribution >= 0.6 is 12.2 Å². The number of ether oxygens (including phenoxy) is 1. The molecule has 2 aromatic rings. The summed E-state index contributed by atoms with van der Waals surface area (Å²) in [6.07, 6.45) is 0. The van der Waals surface area contributed by atoms with Crippen LogP contribution in [0.2, 0.25) is 0 Å². The van der Waals surface area contributed by atoms with Crippen molar-refractivity contribution >= 4 is 38.7 Å². The molecule has 1 fully saturated rings. The minimum Gasteiger partial charge on any atom is -0.379 e. The average Bonchev–Trinajstić information content (AvgIpc) is 2.65. The Labute approximate surface area is 161 Å². The van der Waals surface area contributed by atoms with Gasteiger partial charge in [0.1, 0.15) is 11.6 Å². The Morgan fingerprint density at radius 2 is 1.81 bits per heavy atom. The summed E-state index contributed by atoms with van der Waals surface area (Å²) in [4.78, 5) is 0.116. The van der Waals surface area contributed by atoms with E-state index in [4.69, 9.17) is 17.0 Å². The number of halogens is 2. The first-order valence-electron chi connectivity index (χ1n) is 8.07. The second kappa shape index (κ2) is 8.26. The molecule has 0 atom stereocenters. The Morgan fingerprint density at radius 3 is 2.52 bits per heavy atom. The van der Waals surface area contributed by atoms with Gasteiger partial charge in [-0.25, -0.2) is 17.2 Å². The van der Waals surface area contributed by atoms with Crippen LogP contribution in [0.25, 0.3) is 0 Å². The zero-order valence-corrected chi connectivity index (χ0v) is 15.7. The van der Waals surface area contributed by atoms with Crippen LogP contribution in [-0.4, -0.2) is 44.1 Å². The van der Waals surface area contributed by atoms with E-state index < -0.39 is 21.7 Å². The van der Waals surface area contributed by atoms with Crippen molar-refractivity contribution in [3.63, 3.8) is 0 Å². The second-order valence-corrected chi connectivity index (χ2v) is 8.09. The highest BCUT2D eigenvalue weighted by Gasteiger charge is 2.26. The smallest absolute Gasteiger partial charge is 0.243 e. The standard InChI is InChI=1S/C17H17F2N3O3S2/c18-12-4-5-16(15(19)10-12)21-17(26)20-13-2-1-3-14(11-13)27(23,24)22-6-8-25-9-7-22/h1-5,10-11H,6-9H2,(H2,20,21,26). The van der Waals surface area contributed by atoms with Gasteiger partial charge in [-0.15, -0.1) is 0 Å². The average molecular weight is 413 g/mol. The minimum absolute atomic E-state index is 0.00555. The maximum absolute atomic E-state index is 13.7. The van der Waals surface area contributed by atoms with Crippen molar-refractivity contribution in [1.29, 1.82) is 0 Å². The van der Waals surface area contributed by atoms with Crippen LogP contribution in [0.5, 0.6) is 0 Å². The second-order valence-electron chi connectivity index (χ2n) is 5.75. The highest BCUT2D eigenvalue weighted by atomic mass is 32.2. The molecule has 0 unspecified atom stereocenters. The van der Waals surface area contributed by atoms with E-state index in [1.165, 1.54) is 22.5 Å². The van der Waals surface area contributed by atoms with E-state index in [1.807, 2.05) is 0 Å². The molecule has 0 radical (unpaired) electrons. The first-order valence-corrected chi connectivity index (χ1v) is 9.92. The van der Waals surface area contributed by atoms with Gasteiger partial charge in [0.15, 0.2) is 5.11 Å². The maximum Gasteiger partial charge on any atom is 0.243 e. The normalized spacial score (nSPS) is 15.3. The van der Waals surface area contributed by atoms with Crippen molar-refractivity contribution in [3.05, 3.63) is 54.1 Å². The van der Waals surface area contributed by atoms with Gasteiger partial charge < -0.3 is 15.4 Å². The molecule has 1 aliphatic rings. The summed E-state index contributed by atoms with van der Waals surface area (Å²) in [7, 11) is -3.64. The van der Waals surface area contributed by atoms with Crippen molar-refractivity contribution in [3.8, 4) is 0 Å². The Morgan fingerprint density at radius 1 is 1.07 bits per heavy atom. The van der Waals surface area contributed by atoms with Crippen molar-refractivity contribution in [2.24, 2.45) is 0 Å². The molecule has 0 saturated carbocycles. The number of nitrogens with one attached hydrogen (secondary N) is 2. The molecular weight excluding hydrogens is 396 g/mol. The number of nitrogens with zero attached hydrogens (tertiary/aromatic N) is 1. The molecule has 1 heterocycles. The highest BCUT2D eigenvalue weighted by molar-refractivity contribution is 7.89. The van der Waals surface area contributed by atoms with Crippen LogP contribution in [0, 0.1) is 11.6 Å². The third kappa shape index (κ3) is 4.78. The quantitative estimate of drug-likeness (QED) is 0.752. The number of thiocarbonyl (C=S) groups is 1. The van der Waals surface area contributed by atoms with Crippen molar-refractivity contribution in [2.75, 3.05) is 36.9 Å². The highest BCUT2D eigenvalue weighted by Crippen LogP contribution is 2.21. The third-order valence-corrected chi connectivity index (χ3v) is 5.98. The molecule has 1 aliphatic heterocycles. The SMILES string of the molecule is O=S(=O)(c1cccc(NC(=S)Nc2ccc(F)cc2F)c1)N1CCOCC1.